The van der Waals surface area contributed by atoms with Gasteiger partial charge in [-0.1, -0.05) is 0 Å². The third kappa shape index (κ3) is 4.39. The van der Waals surface area contributed by atoms with E-state index in [0.717, 1.165) is 37.6 Å². The molecule has 1 aliphatic heterocycles. The van der Waals surface area contributed by atoms with Crippen molar-refractivity contribution in [2.45, 2.75) is 58.3 Å². The molecule has 0 saturated carbocycles. The Labute approximate surface area is 144 Å². The molecule has 0 radical (unpaired) electrons. The summed E-state index contributed by atoms with van der Waals surface area (Å²) in [6.07, 6.45) is 13.1. The molecule has 1 unspecified atom stereocenters. The number of aromatic nitrogens is 4. The lowest BCUT2D eigenvalue weighted by molar-refractivity contribution is 0.157. The summed E-state index contributed by atoms with van der Waals surface area (Å²) in [4.78, 5) is 15.5. The van der Waals surface area contributed by atoms with Crippen molar-refractivity contribution in [3.63, 3.8) is 0 Å². The van der Waals surface area contributed by atoms with Crippen molar-refractivity contribution >= 4 is 0 Å². The molecule has 0 aromatic carbocycles. The van der Waals surface area contributed by atoms with Crippen LogP contribution in [0.15, 0.2) is 31.1 Å². The largest absolute Gasteiger partial charge is 0.331 e. The number of nitrogens with one attached hydrogen (secondary N) is 1. The Morgan fingerprint density at radius 3 is 2.83 bits per heavy atom. The van der Waals surface area contributed by atoms with E-state index in [0.29, 0.717) is 12.1 Å². The number of rotatable bonds is 6. The molecule has 1 N–H and O–H groups in total. The maximum atomic E-state index is 4.61. The molecular weight excluding hydrogens is 300 g/mol. The smallest absolute Gasteiger partial charge is 0.123 e. The summed E-state index contributed by atoms with van der Waals surface area (Å²) in [5.41, 5.74) is 1.16. The number of nitrogens with zero attached hydrogens (tertiary/aromatic N) is 5. The monoisotopic (exact) mass is 328 g/mol. The fraction of sp³-hybridized carbons (Fsp3) is 0.611. The summed E-state index contributed by atoms with van der Waals surface area (Å²) < 4.78 is 2.27. The second-order valence-electron chi connectivity index (χ2n) is 6.83. The minimum atomic E-state index is 0.431. The van der Waals surface area contributed by atoms with E-state index >= 15 is 0 Å². The molecule has 3 rings (SSSR count). The van der Waals surface area contributed by atoms with Gasteiger partial charge in [-0.25, -0.2) is 15.0 Å². The molecule has 1 saturated heterocycles. The van der Waals surface area contributed by atoms with E-state index < -0.39 is 0 Å². The predicted molar refractivity (Wildman–Crippen MR) is 94.4 cm³/mol. The Kier molecular flexibility index (Phi) is 5.93. The topological polar surface area (TPSA) is 58.9 Å². The average Bonchev–Trinajstić information content (AvgIpc) is 2.88. The first-order chi connectivity index (χ1) is 11.7. The van der Waals surface area contributed by atoms with Crippen molar-refractivity contribution in [2.75, 3.05) is 13.1 Å². The first kappa shape index (κ1) is 17.0. The Hall–Kier alpha value is -1.79. The highest BCUT2D eigenvalue weighted by Crippen LogP contribution is 2.20. The Morgan fingerprint density at radius 2 is 2.04 bits per heavy atom. The molecule has 1 atom stereocenters. The van der Waals surface area contributed by atoms with Crippen LogP contribution < -0.4 is 5.32 Å². The summed E-state index contributed by atoms with van der Waals surface area (Å²) in [5.74, 6) is 1.14. The van der Waals surface area contributed by atoms with Crippen LogP contribution in [0.4, 0.5) is 0 Å². The van der Waals surface area contributed by atoms with Gasteiger partial charge in [-0.3, -0.25) is 4.90 Å². The average molecular weight is 328 g/mol. The molecule has 6 heteroatoms. The van der Waals surface area contributed by atoms with Crippen LogP contribution >= 0.6 is 0 Å². The molecule has 3 heterocycles. The molecule has 0 amide bonds. The Bertz CT molecular complexity index is 601. The van der Waals surface area contributed by atoms with E-state index in [-0.39, 0.29) is 0 Å². The third-order valence-electron chi connectivity index (χ3n) is 4.71. The highest BCUT2D eigenvalue weighted by Gasteiger charge is 2.22. The van der Waals surface area contributed by atoms with Crippen LogP contribution in [0.25, 0.3) is 0 Å². The third-order valence-corrected chi connectivity index (χ3v) is 4.71. The normalized spacial score (nSPS) is 18.9. The summed E-state index contributed by atoms with van der Waals surface area (Å²) in [5, 5.41) is 3.51. The quantitative estimate of drug-likeness (QED) is 0.882. The van der Waals surface area contributed by atoms with Crippen LogP contribution in [0, 0.1) is 0 Å². The summed E-state index contributed by atoms with van der Waals surface area (Å²) in [6, 6.07) is 0.998. The standard InChI is InChI=1S/C18H28N6/c1-15(2)24-9-8-22-18(24)13-23(12-16-10-20-14-21-11-16)17-4-3-6-19-7-5-17/h8-11,14-15,17,19H,3-7,12-13H2,1-2H3. The van der Waals surface area contributed by atoms with E-state index in [4.69, 9.17) is 0 Å². The first-order valence-corrected chi connectivity index (χ1v) is 8.94. The van der Waals surface area contributed by atoms with Gasteiger partial charge in [-0.15, -0.1) is 0 Å². The van der Waals surface area contributed by atoms with Crippen molar-refractivity contribution in [1.82, 2.24) is 29.7 Å². The van der Waals surface area contributed by atoms with Crippen LogP contribution in [0.1, 0.15) is 50.5 Å². The van der Waals surface area contributed by atoms with Gasteiger partial charge in [0.2, 0.25) is 0 Å². The fourth-order valence-corrected chi connectivity index (χ4v) is 3.44. The van der Waals surface area contributed by atoms with Crippen molar-refractivity contribution in [2.24, 2.45) is 0 Å². The van der Waals surface area contributed by atoms with Crippen LogP contribution in [-0.2, 0) is 13.1 Å². The van der Waals surface area contributed by atoms with Crippen LogP contribution in [0.2, 0.25) is 0 Å². The van der Waals surface area contributed by atoms with Gasteiger partial charge in [0.1, 0.15) is 12.2 Å². The molecule has 0 spiro atoms. The number of hydrogen-bond acceptors (Lipinski definition) is 5. The van der Waals surface area contributed by atoms with Gasteiger partial charge in [-0.2, -0.15) is 0 Å². The zero-order valence-corrected chi connectivity index (χ0v) is 14.7. The van der Waals surface area contributed by atoms with Gasteiger partial charge < -0.3 is 9.88 Å². The van der Waals surface area contributed by atoms with E-state index in [9.17, 15) is 0 Å². The van der Waals surface area contributed by atoms with E-state index in [1.165, 1.54) is 19.3 Å². The molecule has 0 bridgehead atoms. The van der Waals surface area contributed by atoms with Crippen molar-refractivity contribution in [3.8, 4) is 0 Å². The zero-order chi connectivity index (χ0) is 16.8. The highest BCUT2D eigenvalue weighted by atomic mass is 15.2. The molecule has 2 aromatic rings. The second kappa shape index (κ2) is 8.35. The van der Waals surface area contributed by atoms with Crippen LogP contribution in [0.5, 0.6) is 0 Å². The molecule has 6 nitrogen and oxygen atoms in total. The SMILES string of the molecule is CC(C)n1ccnc1CN(Cc1cncnc1)C1CCCNCC1. The van der Waals surface area contributed by atoms with Crippen molar-refractivity contribution in [1.29, 1.82) is 0 Å². The molecule has 1 fully saturated rings. The zero-order valence-electron chi connectivity index (χ0n) is 14.7. The summed E-state index contributed by atoms with van der Waals surface area (Å²) >= 11 is 0. The molecule has 1 aliphatic rings. The van der Waals surface area contributed by atoms with Gasteiger partial charge >= 0.3 is 0 Å². The molecule has 130 valence electrons. The molecule has 24 heavy (non-hydrogen) atoms. The Morgan fingerprint density at radius 1 is 1.21 bits per heavy atom. The van der Waals surface area contributed by atoms with Crippen LogP contribution in [-0.4, -0.2) is 43.6 Å². The molecule has 2 aromatic heterocycles. The van der Waals surface area contributed by atoms with Gasteiger partial charge in [-0.05, 0) is 46.2 Å². The van der Waals surface area contributed by atoms with Gasteiger partial charge in [0.05, 0.1) is 6.54 Å². The first-order valence-electron chi connectivity index (χ1n) is 8.94. The molecular formula is C18H28N6. The minimum absolute atomic E-state index is 0.431. The van der Waals surface area contributed by atoms with E-state index in [1.807, 2.05) is 18.6 Å². The highest BCUT2D eigenvalue weighted by molar-refractivity contribution is 5.04. The number of hydrogen-bond donors (Lipinski definition) is 1. The lowest BCUT2D eigenvalue weighted by Gasteiger charge is -2.31. The van der Waals surface area contributed by atoms with Crippen molar-refractivity contribution < 1.29 is 0 Å². The summed E-state index contributed by atoms with van der Waals surface area (Å²) in [6.45, 7) is 8.36. The van der Waals surface area contributed by atoms with Crippen molar-refractivity contribution in [3.05, 3.63) is 42.5 Å². The lowest BCUT2D eigenvalue weighted by Crippen LogP contribution is -2.36. The van der Waals surface area contributed by atoms with Crippen LogP contribution in [0.3, 0.4) is 0 Å². The number of imidazole rings is 1. The maximum Gasteiger partial charge on any atom is 0.123 e. The lowest BCUT2D eigenvalue weighted by atomic mass is 10.1. The summed E-state index contributed by atoms with van der Waals surface area (Å²) in [7, 11) is 0. The van der Waals surface area contributed by atoms with Gasteiger partial charge in [0.15, 0.2) is 0 Å². The van der Waals surface area contributed by atoms with E-state index in [2.05, 4.69) is 49.8 Å². The maximum absolute atomic E-state index is 4.61. The van der Waals surface area contributed by atoms with Gasteiger partial charge in [0, 0.05) is 49.0 Å². The predicted octanol–water partition coefficient (Wildman–Crippen LogP) is 2.40. The fourth-order valence-electron chi connectivity index (χ4n) is 3.44. The van der Waals surface area contributed by atoms with Gasteiger partial charge in [0.25, 0.3) is 0 Å². The van der Waals surface area contributed by atoms with E-state index in [1.54, 1.807) is 6.33 Å². The molecule has 0 aliphatic carbocycles. The minimum Gasteiger partial charge on any atom is -0.331 e. The second-order valence-corrected chi connectivity index (χ2v) is 6.83. The Balaban J connectivity index is 1.79.